The van der Waals surface area contributed by atoms with Gasteiger partial charge in [-0.25, -0.2) is 8.78 Å². The largest absolute Gasteiger partial charge is 0.364 e. The van der Waals surface area contributed by atoms with Gasteiger partial charge in [-0.05, 0) is 43.3 Å². The number of nitrogens with one attached hydrogen (secondary N) is 3. The third kappa shape index (κ3) is 5.01. The Hall–Kier alpha value is -4.19. The van der Waals surface area contributed by atoms with Crippen LogP contribution in [-0.2, 0) is 4.79 Å². The summed E-state index contributed by atoms with van der Waals surface area (Å²) in [4.78, 5) is 28.9. The number of benzene rings is 1. The van der Waals surface area contributed by atoms with Gasteiger partial charge in [0.1, 0.15) is 23.0 Å². The predicted molar refractivity (Wildman–Crippen MR) is 130 cm³/mol. The summed E-state index contributed by atoms with van der Waals surface area (Å²) in [6.45, 7) is 1.94. The van der Waals surface area contributed by atoms with Gasteiger partial charge < -0.3 is 21.8 Å². The lowest BCUT2D eigenvalue weighted by Gasteiger charge is -2.12. The van der Waals surface area contributed by atoms with Gasteiger partial charge in [-0.1, -0.05) is 0 Å². The average Bonchev–Trinajstić information content (AvgIpc) is 3.38. The fourth-order valence-corrected chi connectivity index (χ4v) is 4.31. The van der Waals surface area contributed by atoms with Crippen molar-refractivity contribution in [1.82, 2.24) is 15.3 Å². The Labute approximate surface area is 202 Å². The minimum atomic E-state index is -1.16. The molecule has 0 aliphatic carbocycles. The Balaban J connectivity index is 1.59. The first kappa shape index (κ1) is 24.0. The molecule has 0 saturated heterocycles. The molecular formula is C23H21F2N7O2S. The van der Waals surface area contributed by atoms with Crippen molar-refractivity contribution < 1.29 is 18.4 Å². The first-order chi connectivity index (χ1) is 16.6. The van der Waals surface area contributed by atoms with Crippen LogP contribution in [0.25, 0.3) is 10.2 Å². The van der Waals surface area contributed by atoms with Crippen LogP contribution < -0.4 is 16.4 Å². The van der Waals surface area contributed by atoms with Crippen LogP contribution in [-0.4, -0.2) is 46.4 Å². The van der Waals surface area contributed by atoms with E-state index >= 15 is 4.39 Å². The molecule has 2 amide bonds. The molecule has 0 saturated carbocycles. The van der Waals surface area contributed by atoms with Crippen LogP contribution in [0, 0.1) is 17.0 Å². The molecular weight excluding hydrogens is 476 g/mol. The normalized spacial score (nSPS) is 15.8. The Bertz CT molecular complexity index is 1380. The van der Waals surface area contributed by atoms with E-state index in [0.29, 0.717) is 17.8 Å². The number of rotatable bonds is 6. The molecule has 1 atom stereocenters. The molecule has 0 spiro atoms. The van der Waals surface area contributed by atoms with Gasteiger partial charge in [0.15, 0.2) is 5.82 Å². The maximum Gasteiger partial charge on any atom is 0.265 e. The minimum Gasteiger partial charge on any atom is -0.364 e. The quantitative estimate of drug-likeness (QED) is 0.306. The standard InChI is InChI=1S/C23H21F2N7O2S/c1-11-8-19(31-32(11)2)29-16(22(27)33)9-14(26)12-5-6-13(24)21(20(12)25)30-23(34)18-10-15-17(35-18)4-3-7-28-15/h3-7,9-11,26H,8H2,1-2H3,(H2,27,33)(H,29,31)(H,30,34)/b16-9+,26-14?. The lowest BCUT2D eigenvalue weighted by atomic mass is 10.1. The van der Waals surface area contributed by atoms with Crippen LogP contribution >= 0.6 is 11.3 Å². The lowest BCUT2D eigenvalue weighted by Crippen LogP contribution is -2.31. The van der Waals surface area contributed by atoms with Gasteiger partial charge in [-0.3, -0.25) is 19.6 Å². The van der Waals surface area contributed by atoms with Crippen LogP contribution in [0.3, 0.4) is 0 Å². The summed E-state index contributed by atoms with van der Waals surface area (Å²) in [5.41, 5.74) is 4.33. The summed E-state index contributed by atoms with van der Waals surface area (Å²) < 4.78 is 30.4. The number of amidine groups is 1. The van der Waals surface area contributed by atoms with Crippen LogP contribution in [0.1, 0.15) is 28.6 Å². The van der Waals surface area contributed by atoms with E-state index in [0.717, 1.165) is 34.2 Å². The molecule has 0 radical (unpaired) electrons. The fourth-order valence-electron chi connectivity index (χ4n) is 3.40. The zero-order valence-corrected chi connectivity index (χ0v) is 19.5. The van der Waals surface area contributed by atoms with Crippen molar-refractivity contribution in [3.05, 3.63) is 70.4 Å². The topological polar surface area (TPSA) is 137 Å². The molecule has 4 rings (SSSR count). The second-order valence-electron chi connectivity index (χ2n) is 7.87. The molecule has 1 unspecified atom stereocenters. The number of nitrogens with two attached hydrogens (primary N) is 1. The summed E-state index contributed by atoms with van der Waals surface area (Å²) in [6.07, 6.45) is 3.13. The molecule has 5 N–H and O–H groups in total. The van der Waals surface area contributed by atoms with E-state index < -0.39 is 34.8 Å². The van der Waals surface area contributed by atoms with Gasteiger partial charge in [-0.2, -0.15) is 5.10 Å². The van der Waals surface area contributed by atoms with E-state index in [1.807, 2.05) is 6.92 Å². The average molecular weight is 498 g/mol. The summed E-state index contributed by atoms with van der Waals surface area (Å²) in [6, 6.07) is 7.09. The highest BCUT2D eigenvalue weighted by molar-refractivity contribution is 7.20. The summed E-state index contributed by atoms with van der Waals surface area (Å²) in [7, 11) is 1.77. The number of fused-ring (bicyclic) bond motifs is 1. The molecule has 3 aromatic rings. The summed E-state index contributed by atoms with van der Waals surface area (Å²) >= 11 is 1.13. The van der Waals surface area contributed by atoms with Crippen molar-refractivity contribution in [2.75, 3.05) is 12.4 Å². The number of allylic oxidation sites excluding steroid dienone is 1. The molecule has 12 heteroatoms. The molecule has 1 aliphatic rings. The molecule has 1 aliphatic heterocycles. The van der Waals surface area contributed by atoms with Crippen molar-refractivity contribution in [3.8, 4) is 0 Å². The van der Waals surface area contributed by atoms with E-state index in [9.17, 15) is 14.0 Å². The molecule has 35 heavy (non-hydrogen) atoms. The van der Waals surface area contributed by atoms with Gasteiger partial charge in [-0.15, -0.1) is 11.3 Å². The number of halogens is 2. The van der Waals surface area contributed by atoms with Gasteiger partial charge in [0.25, 0.3) is 11.8 Å². The zero-order chi connectivity index (χ0) is 25.3. The highest BCUT2D eigenvalue weighted by Gasteiger charge is 2.23. The maximum atomic E-state index is 15.2. The number of carbonyl (C=O) groups excluding carboxylic acids is 2. The predicted octanol–water partition coefficient (Wildman–Crippen LogP) is 3.19. The van der Waals surface area contributed by atoms with Crippen LogP contribution in [0.2, 0.25) is 0 Å². The van der Waals surface area contributed by atoms with Crippen molar-refractivity contribution >= 4 is 50.6 Å². The van der Waals surface area contributed by atoms with Crippen molar-refractivity contribution in [1.29, 1.82) is 5.41 Å². The Kier molecular flexibility index (Phi) is 6.56. The SMILES string of the molecule is CC1CC(N/C(=C/C(=N)c2ccc(F)c(NC(=O)c3cc4ncccc4s3)c2F)C(N)=O)=NN1C. The molecule has 3 heterocycles. The van der Waals surface area contributed by atoms with Crippen molar-refractivity contribution in [3.63, 3.8) is 0 Å². The molecule has 0 fully saturated rings. The maximum absolute atomic E-state index is 15.2. The third-order valence-corrected chi connectivity index (χ3v) is 6.46. The van der Waals surface area contributed by atoms with Gasteiger partial charge in [0.05, 0.1) is 26.8 Å². The van der Waals surface area contributed by atoms with Crippen LogP contribution in [0.4, 0.5) is 14.5 Å². The fraction of sp³-hybridized carbons (Fsp3) is 0.174. The van der Waals surface area contributed by atoms with Crippen LogP contribution in [0.15, 0.2) is 53.4 Å². The lowest BCUT2D eigenvalue weighted by molar-refractivity contribution is -0.114. The number of primary amides is 1. The molecule has 2 aromatic heterocycles. The van der Waals surface area contributed by atoms with E-state index in [1.54, 1.807) is 30.4 Å². The van der Waals surface area contributed by atoms with E-state index in [2.05, 4.69) is 20.7 Å². The molecule has 180 valence electrons. The number of hydrazone groups is 1. The number of amides is 2. The van der Waals surface area contributed by atoms with Crippen LogP contribution in [0.5, 0.6) is 0 Å². The summed E-state index contributed by atoms with van der Waals surface area (Å²) in [5, 5.41) is 19.2. The number of hydrogen-bond acceptors (Lipinski definition) is 8. The second kappa shape index (κ2) is 9.58. The van der Waals surface area contributed by atoms with E-state index in [1.165, 1.54) is 6.07 Å². The van der Waals surface area contributed by atoms with Gasteiger partial charge >= 0.3 is 0 Å². The number of carbonyl (C=O) groups is 2. The Morgan fingerprint density at radius 1 is 1.29 bits per heavy atom. The highest BCUT2D eigenvalue weighted by atomic mass is 32.1. The number of pyridine rings is 1. The van der Waals surface area contributed by atoms with Crippen molar-refractivity contribution in [2.45, 2.75) is 19.4 Å². The number of aromatic nitrogens is 1. The number of nitrogens with zero attached hydrogens (tertiary/aromatic N) is 3. The monoisotopic (exact) mass is 497 g/mol. The highest BCUT2D eigenvalue weighted by Crippen LogP contribution is 2.27. The Morgan fingerprint density at radius 3 is 2.71 bits per heavy atom. The van der Waals surface area contributed by atoms with Gasteiger partial charge in [0, 0.05) is 25.2 Å². The zero-order valence-electron chi connectivity index (χ0n) is 18.7. The first-order valence-corrected chi connectivity index (χ1v) is 11.3. The van der Waals surface area contributed by atoms with Gasteiger partial charge in [0.2, 0.25) is 0 Å². The molecule has 1 aromatic carbocycles. The summed E-state index contributed by atoms with van der Waals surface area (Å²) in [5.74, 6) is -3.31. The molecule has 9 nitrogen and oxygen atoms in total. The first-order valence-electron chi connectivity index (χ1n) is 10.5. The number of thiophene rings is 1. The third-order valence-electron chi connectivity index (χ3n) is 5.37. The minimum absolute atomic E-state index is 0.100. The molecule has 0 bridgehead atoms. The number of hydrogen-bond donors (Lipinski definition) is 4. The van der Waals surface area contributed by atoms with E-state index in [-0.39, 0.29) is 22.2 Å². The number of anilines is 1. The smallest absolute Gasteiger partial charge is 0.265 e. The second-order valence-corrected chi connectivity index (χ2v) is 8.95. The Morgan fingerprint density at radius 2 is 2.06 bits per heavy atom. The van der Waals surface area contributed by atoms with Crippen molar-refractivity contribution in [2.24, 2.45) is 10.8 Å². The van der Waals surface area contributed by atoms with E-state index in [4.69, 9.17) is 11.1 Å².